The SMILES string of the molecule is CCN1c2ccc(C)cc2CC1CCO. The van der Waals surface area contributed by atoms with E-state index in [4.69, 9.17) is 5.11 Å². The van der Waals surface area contributed by atoms with Gasteiger partial charge in [0.2, 0.25) is 0 Å². The molecule has 2 nitrogen and oxygen atoms in total. The molecule has 0 saturated carbocycles. The molecule has 0 saturated heterocycles. The van der Waals surface area contributed by atoms with Gasteiger partial charge in [-0.05, 0) is 38.3 Å². The number of benzene rings is 1. The fraction of sp³-hybridized carbons (Fsp3) is 0.538. The fourth-order valence-corrected chi connectivity index (χ4v) is 2.55. The molecule has 2 rings (SSSR count). The molecule has 1 unspecified atom stereocenters. The van der Waals surface area contributed by atoms with Crippen LogP contribution < -0.4 is 4.90 Å². The second-order valence-electron chi connectivity index (χ2n) is 4.29. The van der Waals surface area contributed by atoms with E-state index in [0.717, 1.165) is 19.4 Å². The van der Waals surface area contributed by atoms with Crippen LogP contribution in [0.1, 0.15) is 24.5 Å². The van der Waals surface area contributed by atoms with Crippen molar-refractivity contribution >= 4 is 5.69 Å². The van der Waals surface area contributed by atoms with Gasteiger partial charge in [-0.25, -0.2) is 0 Å². The summed E-state index contributed by atoms with van der Waals surface area (Å²) in [6.45, 7) is 5.63. The van der Waals surface area contributed by atoms with Crippen LogP contribution in [0.4, 0.5) is 5.69 Å². The minimum absolute atomic E-state index is 0.286. The van der Waals surface area contributed by atoms with Gasteiger partial charge in [0.25, 0.3) is 0 Å². The second kappa shape index (κ2) is 4.23. The van der Waals surface area contributed by atoms with Crippen LogP contribution in [-0.2, 0) is 6.42 Å². The van der Waals surface area contributed by atoms with Gasteiger partial charge in [0, 0.05) is 24.9 Å². The number of nitrogens with zero attached hydrogens (tertiary/aromatic N) is 1. The van der Waals surface area contributed by atoms with Crippen LogP contribution in [0.5, 0.6) is 0 Å². The van der Waals surface area contributed by atoms with Crippen molar-refractivity contribution in [2.75, 3.05) is 18.1 Å². The molecule has 2 heteroatoms. The minimum atomic E-state index is 0.286. The Morgan fingerprint density at radius 2 is 2.27 bits per heavy atom. The zero-order chi connectivity index (χ0) is 10.8. The summed E-state index contributed by atoms with van der Waals surface area (Å²) in [5, 5.41) is 9.05. The number of aryl methyl sites for hydroxylation is 1. The molecule has 0 fully saturated rings. The van der Waals surface area contributed by atoms with Gasteiger partial charge in [0.15, 0.2) is 0 Å². The Bertz CT molecular complexity index is 348. The number of aliphatic hydroxyl groups excluding tert-OH is 1. The van der Waals surface area contributed by atoms with Gasteiger partial charge in [-0.1, -0.05) is 17.7 Å². The summed E-state index contributed by atoms with van der Waals surface area (Å²) in [5.41, 5.74) is 4.13. The number of rotatable bonds is 3. The molecule has 1 aliphatic heterocycles. The largest absolute Gasteiger partial charge is 0.396 e. The van der Waals surface area contributed by atoms with E-state index in [0.29, 0.717) is 6.04 Å². The van der Waals surface area contributed by atoms with Gasteiger partial charge in [-0.15, -0.1) is 0 Å². The quantitative estimate of drug-likeness (QED) is 0.817. The Labute approximate surface area is 91.5 Å². The number of likely N-dealkylation sites (N-methyl/N-ethyl adjacent to an activating group) is 1. The molecule has 1 N–H and O–H groups in total. The highest BCUT2D eigenvalue weighted by Crippen LogP contribution is 2.33. The summed E-state index contributed by atoms with van der Waals surface area (Å²) in [6.07, 6.45) is 1.97. The maximum absolute atomic E-state index is 9.05. The Morgan fingerprint density at radius 3 is 2.93 bits per heavy atom. The third-order valence-corrected chi connectivity index (χ3v) is 3.24. The van der Waals surface area contributed by atoms with Crippen LogP contribution in [0.3, 0.4) is 0 Å². The van der Waals surface area contributed by atoms with Crippen molar-refractivity contribution in [3.8, 4) is 0 Å². The first-order valence-corrected chi connectivity index (χ1v) is 5.73. The lowest BCUT2D eigenvalue weighted by Crippen LogP contribution is -2.32. The Balaban J connectivity index is 2.28. The molecular weight excluding hydrogens is 186 g/mol. The van der Waals surface area contributed by atoms with Crippen molar-refractivity contribution in [2.24, 2.45) is 0 Å². The summed E-state index contributed by atoms with van der Waals surface area (Å²) < 4.78 is 0. The molecule has 1 atom stereocenters. The van der Waals surface area contributed by atoms with Crippen LogP contribution in [0.15, 0.2) is 18.2 Å². The third kappa shape index (κ3) is 1.86. The van der Waals surface area contributed by atoms with Gasteiger partial charge < -0.3 is 10.0 Å². The number of hydrogen-bond donors (Lipinski definition) is 1. The van der Waals surface area contributed by atoms with Crippen molar-refractivity contribution in [3.63, 3.8) is 0 Å². The zero-order valence-electron chi connectivity index (χ0n) is 9.53. The maximum atomic E-state index is 9.05. The minimum Gasteiger partial charge on any atom is -0.396 e. The Kier molecular flexibility index (Phi) is 2.96. The highest BCUT2D eigenvalue weighted by molar-refractivity contribution is 5.60. The van der Waals surface area contributed by atoms with Gasteiger partial charge in [0.1, 0.15) is 0 Å². The van der Waals surface area contributed by atoms with Crippen molar-refractivity contribution in [2.45, 2.75) is 32.7 Å². The lowest BCUT2D eigenvalue weighted by molar-refractivity contribution is 0.274. The highest BCUT2D eigenvalue weighted by atomic mass is 16.3. The standard InChI is InChI=1S/C13H19NO/c1-3-14-12(6-7-15)9-11-8-10(2)4-5-13(11)14/h4-5,8,12,15H,3,6-7,9H2,1-2H3. The van der Waals surface area contributed by atoms with Crippen LogP contribution in [0.25, 0.3) is 0 Å². The Hall–Kier alpha value is -1.02. The molecule has 0 aromatic heterocycles. The molecule has 0 aliphatic carbocycles. The summed E-state index contributed by atoms with van der Waals surface area (Å²) >= 11 is 0. The third-order valence-electron chi connectivity index (χ3n) is 3.24. The molecule has 1 heterocycles. The van der Waals surface area contributed by atoms with Crippen molar-refractivity contribution < 1.29 is 5.11 Å². The molecule has 0 spiro atoms. The van der Waals surface area contributed by atoms with E-state index in [1.165, 1.54) is 16.8 Å². The van der Waals surface area contributed by atoms with E-state index in [2.05, 4.69) is 36.9 Å². The molecule has 1 aliphatic rings. The summed E-state index contributed by atoms with van der Waals surface area (Å²) in [5.74, 6) is 0. The van der Waals surface area contributed by atoms with Crippen LogP contribution in [0.2, 0.25) is 0 Å². The van der Waals surface area contributed by atoms with E-state index in [1.807, 2.05) is 0 Å². The molecule has 0 amide bonds. The second-order valence-corrected chi connectivity index (χ2v) is 4.29. The molecular formula is C13H19NO. The smallest absolute Gasteiger partial charge is 0.0450 e. The van der Waals surface area contributed by atoms with Crippen LogP contribution in [0, 0.1) is 6.92 Å². The molecule has 1 aromatic rings. The zero-order valence-corrected chi connectivity index (χ0v) is 9.53. The monoisotopic (exact) mass is 205 g/mol. The maximum Gasteiger partial charge on any atom is 0.0450 e. The van der Waals surface area contributed by atoms with Gasteiger partial charge in [-0.3, -0.25) is 0 Å². The Morgan fingerprint density at radius 1 is 1.47 bits per heavy atom. The van der Waals surface area contributed by atoms with Crippen LogP contribution >= 0.6 is 0 Å². The lowest BCUT2D eigenvalue weighted by Gasteiger charge is -2.25. The molecule has 82 valence electrons. The number of fused-ring (bicyclic) bond motifs is 1. The van der Waals surface area contributed by atoms with Gasteiger partial charge in [0.05, 0.1) is 0 Å². The van der Waals surface area contributed by atoms with E-state index >= 15 is 0 Å². The molecule has 1 aromatic carbocycles. The first-order chi connectivity index (χ1) is 7.26. The van der Waals surface area contributed by atoms with Crippen molar-refractivity contribution in [1.29, 1.82) is 0 Å². The molecule has 0 bridgehead atoms. The van der Waals surface area contributed by atoms with Crippen LogP contribution in [-0.4, -0.2) is 24.3 Å². The summed E-state index contributed by atoms with van der Waals surface area (Å²) in [4.78, 5) is 2.41. The first kappa shape index (κ1) is 10.5. The highest BCUT2D eigenvalue weighted by Gasteiger charge is 2.27. The van der Waals surface area contributed by atoms with E-state index < -0.39 is 0 Å². The fourth-order valence-electron chi connectivity index (χ4n) is 2.55. The topological polar surface area (TPSA) is 23.5 Å². The average molecular weight is 205 g/mol. The van der Waals surface area contributed by atoms with E-state index in [-0.39, 0.29) is 6.61 Å². The predicted octanol–water partition coefficient (Wildman–Crippen LogP) is 2.13. The van der Waals surface area contributed by atoms with Gasteiger partial charge in [-0.2, -0.15) is 0 Å². The average Bonchev–Trinajstić information content (AvgIpc) is 2.54. The summed E-state index contributed by atoms with van der Waals surface area (Å²) in [7, 11) is 0. The first-order valence-electron chi connectivity index (χ1n) is 5.73. The predicted molar refractivity (Wildman–Crippen MR) is 63.4 cm³/mol. The summed E-state index contributed by atoms with van der Waals surface area (Å²) in [6, 6.07) is 7.15. The normalized spacial score (nSPS) is 19.4. The van der Waals surface area contributed by atoms with Crippen molar-refractivity contribution in [1.82, 2.24) is 0 Å². The molecule has 0 radical (unpaired) electrons. The number of aliphatic hydroxyl groups is 1. The lowest BCUT2D eigenvalue weighted by atomic mass is 10.1. The number of anilines is 1. The van der Waals surface area contributed by atoms with E-state index in [9.17, 15) is 0 Å². The number of hydrogen-bond acceptors (Lipinski definition) is 2. The van der Waals surface area contributed by atoms with Crippen molar-refractivity contribution in [3.05, 3.63) is 29.3 Å². The molecule has 15 heavy (non-hydrogen) atoms. The van der Waals surface area contributed by atoms with E-state index in [1.54, 1.807) is 0 Å². The van der Waals surface area contributed by atoms with Gasteiger partial charge >= 0.3 is 0 Å².